The molecule has 2 aromatic heterocycles. The molecule has 0 atom stereocenters. The van der Waals surface area contributed by atoms with Gasteiger partial charge in [0, 0.05) is 18.5 Å². The second kappa shape index (κ2) is 7.34. The predicted molar refractivity (Wildman–Crippen MR) is 86.7 cm³/mol. The van der Waals surface area contributed by atoms with Gasteiger partial charge in [-0.15, -0.1) is 0 Å². The SMILES string of the molecule is [2H]C([2H])([2H])c1nn(C(C#N)(C([2H])([2H])[2H])C([2H])([2H])[2H])cc1Nc1ncc(C(F)(F)F)c(NCC(F)F)n1. The number of hydrogen-bond donors (Lipinski definition) is 2. The number of anilines is 3. The van der Waals surface area contributed by atoms with E-state index in [4.69, 9.17) is 12.3 Å². The number of rotatable bonds is 6. The van der Waals surface area contributed by atoms with E-state index in [1.165, 1.54) is 0 Å². The smallest absolute Gasteiger partial charge is 0.364 e. The topological polar surface area (TPSA) is 91.5 Å². The standard InChI is InChI=1S/C15H16F5N7/c1-8-10(6-27(26-8)14(2,3)7-21)24-13-23-4-9(15(18,19)20)12(25-13)22-5-11(16)17/h4,6,11H,5H2,1-3H3,(H2,22,23,24,25)/i1D3,2D3,3D3. The average molecular weight is 398 g/mol. The number of nitrogens with zero attached hydrogens (tertiary/aromatic N) is 5. The second-order valence-electron chi connectivity index (χ2n) is 5.01. The van der Waals surface area contributed by atoms with Gasteiger partial charge in [0.1, 0.15) is 16.9 Å². The molecule has 2 rings (SSSR count). The Morgan fingerprint density at radius 3 is 2.67 bits per heavy atom. The van der Waals surface area contributed by atoms with Crippen molar-refractivity contribution in [3.05, 3.63) is 23.7 Å². The molecule has 0 fully saturated rings. The number of hydrogen-bond acceptors (Lipinski definition) is 6. The van der Waals surface area contributed by atoms with Crippen LogP contribution in [0.25, 0.3) is 0 Å². The molecule has 0 amide bonds. The summed E-state index contributed by atoms with van der Waals surface area (Å²) >= 11 is 0. The molecule has 0 aliphatic heterocycles. The fourth-order valence-electron chi connectivity index (χ4n) is 1.77. The van der Waals surface area contributed by atoms with Gasteiger partial charge in [0.2, 0.25) is 5.95 Å². The summed E-state index contributed by atoms with van der Waals surface area (Å²) < 4.78 is 133. The van der Waals surface area contributed by atoms with E-state index < -0.39 is 74.0 Å². The van der Waals surface area contributed by atoms with Crippen LogP contribution in [-0.4, -0.2) is 32.7 Å². The highest BCUT2D eigenvalue weighted by Gasteiger charge is 2.35. The van der Waals surface area contributed by atoms with Crippen LogP contribution in [-0.2, 0) is 11.7 Å². The van der Waals surface area contributed by atoms with Gasteiger partial charge in [0.25, 0.3) is 6.43 Å². The van der Waals surface area contributed by atoms with Gasteiger partial charge in [-0.05, 0) is 20.6 Å². The third-order valence-corrected chi connectivity index (χ3v) is 2.98. The van der Waals surface area contributed by atoms with Gasteiger partial charge in [0.15, 0.2) is 0 Å². The highest BCUT2D eigenvalue weighted by atomic mass is 19.4. The number of nitrogens with one attached hydrogen (secondary N) is 2. The molecule has 2 N–H and O–H groups in total. The summed E-state index contributed by atoms with van der Waals surface area (Å²) in [6, 6.07) is 1.15. The van der Waals surface area contributed by atoms with E-state index in [0.717, 1.165) is 6.07 Å². The summed E-state index contributed by atoms with van der Waals surface area (Å²) in [5.41, 5.74) is -6.53. The van der Waals surface area contributed by atoms with Crippen molar-refractivity contribution in [2.45, 2.75) is 38.7 Å². The van der Waals surface area contributed by atoms with E-state index >= 15 is 0 Å². The molecule has 7 nitrogen and oxygen atoms in total. The highest BCUT2D eigenvalue weighted by Crippen LogP contribution is 2.34. The lowest BCUT2D eigenvalue weighted by Gasteiger charge is -2.15. The van der Waals surface area contributed by atoms with E-state index in [0.29, 0.717) is 6.20 Å². The fraction of sp³-hybridized carbons (Fsp3) is 0.467. The van der Waals surface area contributed by atoms with Gasteiger partial charge in [-0.2, -0.15) is 28.5 Å². The first kappa shape index (κ1) is 11.0. The molecule has 0 unspecified atom stereocenters. The third-order valence-electron chi connectivity index (χ3n) is 2.98. The molecule has 2 aromatic rings. The van der Waals surface area contributed by atoms with Gasteiger partial charge < -0.3 is 10.6 Å². The summed E-state index contributed by atoms with van der Waals surface area (Å²) in [5, 5.41) is 17.0. The first-order chi connectivity index (χ1) is 16.1. The normalized spacial score (nSPS) is 18.5. The van der Waals surface area contributed by atoms with Crippen LogP contribution in [0, 0.1) is 18.2 Å². The lowest BCUT2D eigenvalue weighted by Crippen LogP contribution is -2.24. The summed E-state index contributed by atoms with van der Waals surface area (Å²) in [6.45, 7) is -11.5. The molecular formula is C15H16F5N7. The van der Waals surface area contributed by atoms with Gasteiger partial charge in [0.05, 0.1) is 30.2 Å². The first-order valence-corrected chi connectivity index (χ1v) is 6.90. The largest absolute Gasteiger partial charge is 0.421 e. The molecule has 0 aromatic carbocycles. The van der Waals surface area contributed by atoms with Crippen LogP contribution in [0.5, 0.6) is 0 Å². The number of aromatic nitrogens is 4. The Hall–Kier alpha value is -2.97. The van der Waals surface area contributed by atoms with Crippen LogP contribution in [0.3, 0.4) is 0 Å². The zero-order chi connectivity index (χ0) is 27.9. The third kappa shape index (κ3) is 4.81. The molecule has 0 spiro atoms. The Balaban J connectivity index is 2.69. The minimum atomic E-state index is -5.05. The molecule has 0 aliphatic rings. The van der Waals surface area contributed by atoms with Crippen LogP contribution in [0.4, 0.5) is 39.4 Å². The van der Waals surface area contributed by atoms with Crippen LogP contribution < -0.4 is 10.6 Å². The van der Waals surface area contributed by atoms with Crippen molar-refractivity contribution in [2.75, 3.05) is 17.2 Å². The van der Waals surface area contributed by atoms with E-state index in [1.807, 2.05) is 0 Å². The molecule has 0 radical (unpaired) electrons. The maximum atomic E-state index is 13.2. The fourth-order valence-corrected chi connectivity index (χ4v) is 1.77. The lowest BCUT2D eigenvalue weighted by atomic mass is 10.1. The zero-order valence-corrected chi connectivity index (χ0v) is 13.1. The van der Waals surface area contributed by atoms with Crippen LogP contribution >= 0.6 is 0 Å². The number of nitriles is 1. The van der Waals surface area contributed by atoms with Crippen molar-refractivity contribution in [3.8, 4) is 6.07 Å². The molecule has 0 saturated heterocycles. The predicted octanol–water partition coefficient (Wildman–Crippen LogP) is 3.68. The van der Waals surface area contributed by atoms with Crippen molar-refractivity contribution in [3.63, 3.8) is 0 Å². The van der Waals surface area contributed by atoms with E-state index in [9.17, 15) is 27.2 Å². The first-order valence-electron chi connectivity index (χ1n) is 11.4. The van der Waals surface area contributed by atoms with Crippen LogP contribution in [0.1, 0.15) is 37.3 Å². The Kier molecular flexibility index (Phi) is 2.99. The molecule has 0 bridgehead atoms. The summed E-state index contributed by atoms with van der Waals surface area (Å²) in [7, 11) is 0. The van der Waals surface area contributed by atoms with Crippen molar-refractivity contribution < 1.29 is 34.3 Å². The monoisotopic (exact) mass is 398 g/mol. The highest BCUT2D eigenvalue weighted by molar-refractivity contribution is 5.58. The lowest BCUT2D eigenvalue weighted by molar-refractivity contribution is -0.137. The Labute approximate surface area is 163 Å². The molecule has 0 saturated carbocycles. The van der Waals surface area contributed by atoms with Crippen LogP contribution in [0.15, 0.2) is 12.4 Å². The van der Waals surface area contributed by atoms with Crippen molar-refractivity contribution in [1.29, 1.82) is 5.26 Å². The average Bonchev–Trinajstić information content (AvgIpc) is 3.08. The number of aryl methyl sites for hydroxylation is 1. The van der Waals surface area contributed by atoms with E-state index in [2.05, 4.69) is 20.4 Å². The quantitative estimate of drug-likeness (QED) is 0.722. The van der Waals surface area contributed by atoms with E-state index in [1.54, 1.807) is 5.32 Å². The molecule has 0 aliphatic carbocycles. The second-order valence-corrected chi connectivity index (χ2v) is 5.01. The van der Waals surface area contributed by atoms with Crippen molar-refractivity contribution >= 4 is 17.5 Å². The molecule has 27 heavy (non-hydrogen) atoms. The minimum Gasteiger partial charge on any atom is -0.364 e. The van der Waals surface area contributed by atoms with Crippen LogP contribution in [0.2, 0.25) is 0 Å². The number of halogens is 5. The maximum Gasteiger partial charge on any atom is 0.421 e. The van der Waals surface area contributed by atoms with Gasteiger partial charge >= 0.3 is 6.18 Å². The Morgan fingerprint density at radius 1 is 1.37 bits per heavy atom. The molecular weight excluding hydrogens is 373 g/mol. The summed E-state index contributed by atoms with van der Waals surface area (Å²) in [6.07, 6.45) is -7.36. The Bertz CT molecular complexity index is 1120. The van der Waals surface area contributed by atoms with Gasteiger partial charge in [-0.1, -0.05) is 0 Å². The molecule has 146 valence electrons. The van der Waals surface area contributed by atoms with Gasteiger partial charge in [-0.3, -0.25) is 4.68 Å². The molecule has 2 heterocycles. The zero-order valence-electron chi connectivity index (χ0n) is 22.1. The van der Waals surface area contributed by atoms with Crippen molar-refractivity contribution in [1.82, 2.24) is 19.7 Å². The minimum absolute atomic E-state index is 0.108. The summed E-state index contributed by atoms with van der Waals surface area (Å²) in [5.74, 6) is -1.85. The Morgan fingerprint density at radius 2 is 2.11 bits per heavy atom. The van der Waals surface area contributed by atoms with Gasteiger partial charge in [-0.25, -0.2) is 13.8 Å². The maximum absolute atomic E-state index is 13.2. The van der Waals surface area contributed by atoms with Crippen molar-refractivity contribution in [2.24, 2.45) is 0 Å². The summed E-state index contributed by atoms with van der Waals surface area (Å²) in [4.78, 5) is 6.79. The van der Waals surface area contributed by atoms with E-state index in [-0.39, 0.29) is 10.9 Å². The number of alkyl halides is 5. The molecule has 12 heteroatoms.